The Labute approximate surface area is 132 Å². The van der Waals surface area contributed by atoms with E-state index in [1.807, 2.05) is 0 Å². The van der Waals surface area contributed by atoms with Crippen molar-refractivity contribution in [1.29, 1.82) is 0 Å². The molecule has 0 bridgehead atoms. The van der Waals surface area contributed by atoms with Gasteiger partial charge in [0.1, 0.15) is 11.8 Å². The molecule has 0 unspecified atom stereocenters. The summed E-state index contributed by atoms with van der Waals surface area (Å²) in [6.45, 7) is 0. The van der Waals surface area contributed by atoms with E-state index in [1.165, 1.54) is 0 Å². The standard InChI is InChI=1S/C17H15NO5/c1-20-14-7-11(8-15(21-2)16(14)22-3)17-18-12-6-10(9-19)4-5-13(12)23-17/h4-9H,1-3H3. The van der Waals surface area contributed by atoms with Gasteiger partial charge in [-0.15, -0.1) is 0 Å². The molecule has 0 N–H and O–H groups in total. The molecule has 6 nitrogen and oxygen atoms in total. The van der Waals surface area contributed by atoms with Crippen molar-refractivity contribution < 1.29 is 23.4 Å². The predicted octanol–water partition coefficient (Wildman–Crippen LogP) is 3.33. The molecule has 0 aliphatic rings. The quantitative estimate of drug-likeness (QED) is 0.673. The molecule has 6 heteroatoms. The maximum absolute atomic E-state index is 10.9. The molecular weight excluding hydrogens is 298 g/mol. The second-order valence-corrected chi connectivity index (χ2v) is 4.78. The van der Waals surface area contributed by atoms with E-state index in [9.17, 15) is 4.79 Å². The Hall–Kier alpha value is -3.02. The first-order valence-corrected chi connectivity index (χ1v) is 6.86. The molecule has 1 aromatic heterocycles. The third kappa shape index (κ3) is 2.59. The van der Waals surface area contributed by atoms with Crippen molar-refractivity contribution >= 4 is 17.4 Å². The van der Waals surface area contributed by atoms with Gasteiger partial charge >= 0.3 is 0 Å². The van der Waals surface area contributed by atoms with E-state index in [0.29, 0.717) is 45.4 Å². The number of hydrogen-bond donors (Lipinski definition) is 0. The Bertz CT molecular complexity index is 844. The van der Waals surface area contributed by atoms with Crippen LogP contribution < -0.4 is 14.2 Å². The first kappa shape index (κ1) is 14.9. The van der Waals surface area contributed by atoms with E-state index < -0.39 is 0 Å². The van der Waals surface area contributed by atoms with E-state index in [2.05, 4.69) is 4.98 Å². The topological polar surface area (TPSA) is 70.8 Å². The first-order valence-electron chi connectivity index (χ1n) is 6.86. The zero-order valence-corrected chi connectivity index (χ0v) is 13.0. The molecule has 3 rings (SSSR count). The van der Waals surface area contributed by atoms with Gasteiger partial charge in [0.2, 0.25) is 11.6 Å². The van der Waals surface area contributed by atoms with Crippen molar-refractivity contribution in [3.8, 4) is 28.7 Å². The van der Waals surface area contributed by atoms with Gasteiger partial charge in [0.25, 0.3) is 0 Å². The number of benzene rings is 2. The molecule has 0 amide bonds. The van der Waals surface area contributed by atoms with Crippen molar-refractivity contribution in [1.82, 2.24) is 4.98 Å². The van der Waals surface area contributed by atoms with Crippen molar-refractivity contribution in [2.45, 2.75) is 0 Å². The van der Waals surface area contributed by atoms with Crippen LogP contribution in [0.15, 0.2) is 34.7 Å². The van der Waals surface area contributed by atoms with Gasteiger partial charge in [-0.05, 0) is 30.3 Å². The summed E-state index contributed by atoms with van der Waals surface area (Å²) in [6, 6.07) is 8.58. The van der Waals surface area contributed by atoms with Gasteiger partial charge in [-0.1, -0.05) is 0 Å². The predicted molar refractivity (Wildman–Crippen MR) is 84.5 cm³/mol. The van der Waals surface area contributed by atoms with Crippen LogP contribution in [0.3, 0.4) is 0 Å². The molecule has 0 saturated carbocycles. The summed E-state index contributed by atoms with van der Waals surface area (Å²) in [7, 11) is 4.63. The summed E-state index contributed by atoms with van der Waals surface area (Å²) < 4.78 is 21.7. The van der Waals surface area contributed by atoms with Crippen LogP contribution in [0.4, 0.5) is 0 Å². The molecule has 0 aliphatic heterocycles. The van der Waals surface area contributed by atoms with E-state index in [0.717, 1.165) is 6.29 Å². The Morgan fingerprint density at radius 1 is 1.00 bits per heavy atom. The largest absolute Gasteiger partial charge is 0.493 e. The lowest BCUT2D eigenvalue weighted by atomic mass is 10.2. The van der Waals surface area contributed by atoms with Crippen molar-refractivity contribution in [2.75, 3.05) is 21.3 Å². The van der Waals surface area contributed by atoms with Crippen LogP contribution in [-0.4, -0.2) is 32.6 Å². The highest BCUT2D eigenvalue weighted by Crippen LogP contribution is 2.41. The number of rotatable bonds is 5. The van der Waals surface area contributed by atoms with Crippen molar-refractivity contribution in [3.63, 3.8) is 0 Å². The molecule has 0 atom stereocenters. The van der Waals surface area contributed by atoms with Crippen LogP contribution in [0.5, 0.6) is 17.2 Å². The summed E-state index contributed by atoms with van der Waals surface area (Å²) >= 11 is 0. The summed E-state index contributed by atoms with van der Waals surface area (Å²) in [5.41, 5.74) is 2.43. The number of oxazole rings is 1. The highest BCUT2D eigenvalue weighted by Gasteiger charge is 2.17. The second kappa shape index (κ2) is 6.00. The zero-order valence-electron chi connectivity index (χ0n) is 13.0. The van der Waals surface area contributed by atoms with Crippen LogP contribution in [0, 0.1) is 0 Å². The van der Waals surface area contributed by atoms with Gasteiger partial charge in [-0.25, -0.2) is 4.98 Å². The monoisotopic (exact) mass is 313 g/mol. The van der Waals surface area contributed by atoms with Crippen LogP contribution in [0.25, 0.3) is 22.6 Å². The average Bonchev–Trinajstić information content (AvgIpc) is 3.03. The minimum absolute atomic E-state index is 0.405. The van der Waals surface area contributed by atoms with E-state index in [4.69, 9.17) is 18.6 Å². The number of nitrogens with zero attached hydrogens (tertiary/aromatic N) is 1. The summed E-state index contributed by atoms with van der Waals surface area (Å²) in [4.78, 5) is 15.3. The number of methoxy groups -OCH3 is 3. The number of fused-ring (bicyclic) bond motifs is 1. The lowest BCUT2D eigenvalue weighted by Crippen LogP contribution is -1.95. The fourth-order valence-corrected chi connectivity index (χ4v) is 2.35. The molecule has 118 valence electrons. The molecule has 0 radical (unpaired) electrons. The number of aldehydes is 1. The van der Waals surface area contributed by atoms with Crippen LogP contribution in [0.1, 0.15) is 10.4 Å². The van der Waals surface area contributed by atoms with E-state index in [1.54, 1.807) is 51.7 Å². The van der Waals surface area contributed by atoms with Crippen LogP contribution in [0.2, 0.25) is 0 Å². The second-order valence-electron chi connectivity index (χ2n) is 4.78. The van der Waals surface area contributed by atoms with Gasteiger partial charge in [-0.3, -0.25) is 4.79 Å². The van der Waals surface area contributed by atoms with Gasteiger partial charge in [0.05, 0.1) is 21.3 Å². The summed E-state index contributed by atoms with van der Waals surface area (Å²) in [5, 5.41) is 0. The molecule has 0 spiro atoms. The Morgan fingerprint density at radius 2 is 1.70 bits per heavy atom. The molecular formula is C17H15NO5. The third-order valence-electron chi connectivity index (χ3n) is 3.46. The van der Waals surface area contributed by atoms with Crippen molar-refractivity contribution in [3.05, 3.63) is 35.9 Å². The average molecular weight is 313 g/mol. The van der Waals surface area contributed by atoms with Crippen LogP contribution in [-0.2, 0) is 0 Å². The molecule has 0 fully saturated rings. The number of ether oxygens (including phenoxy) is 3. The molecule has 2 aromatic carbocycles. The number of hydrogen-bond acceptors (Lipinski definition) is 6. The minimum atomic E-state index is 0.405. The smallest absolute Gasteiger partial charge is 0.227 e. The Morgan fingerprint density at radius 3 is 2.26 bits per heavy atom. The fraction of sp³-hybridized carbons (Fsp3) is 0.176. The third-order valence-corrected chi connectivity index (χ3v) is 3.46. The molecule has 0 aliphatic carbocycles. The number of carbonyl (C=O) groups is 1. The Balaban J connectivity index is 2.15. The van der Waals surface area contributed by atoms with E-state index >= 15 is 0 Å². The lowest BCUT2D eigenvalue weighted by molar-refractivity contribution is 0.112. The van der Waals surface area contributed by atoms with E-state index in [-0.39, 0.29) is 0 Å². The maximum Gasteiger partial charge on any atom is 0.227 e. The molecule has 1 heterocycles. The molecule has 23 heavy (non-hydrogen) atoms. The zero-order chi connectivity index (χ0) is 16.4. The first-order chi connectivity index (χ1) is 11.2. The van der Waals surface area contributed by atoms with Gasteiger partial charge < -0.3 is 18.6 Å². The fourth-order valence-electron chi connectivity index (χ4n) is 2.35. The number of carbonyl (C=O) groups excluding carboxylic acids is 1. The SMILES string of the molecule is COc1cc(-c2nc3cc(C=O)ccc3o2)cc(OC)c1OC. The highest BCUT2D eigenvalue weighted by molar-refractivity contribution is 5.85. The number of aromatic nitrogens is 1. The van der Waals surface area contributed by atoms with Gasteiger partial charge in [0.15, 0.2) is 17.1 Å². The summed E-state index contributed by atoms with van der Waals surface area (Å²) in [6.07, 6.45) is 0.771. The lowest BCUT2D eigenvalue weighted by Gasteiger charge is -2.12. The maximum atomic E-state index is 10.9. The van der Waals surface area contributed by atoms with Gasteiger partial charge in [0, 0.05) is 11.1 Å². The van der Waals surface area contributed by atoms with Gasteiger partial charge in [-0.2, -0.15) is 0 Å². The Kier molecular flexibility index (Phi) is 3.89. The normalized spacial score (nSPS) is 10.6. The summed E-state index contributed by atoms with van der Waals surface area (Å²) in [5.74, 6) is 1.93. The molecule has 3 aromatic rings. The highest BCUT2D eigenvalue weighted by atomic mass is 16.5. The van der Waals surface area contributed by atoms with Crippen molar-refractivity contribution in [2.24, 2.45) is 0 Å². The minimum Gasteiger partial charge on any atom is -0.493 e. The van der Waals surface area contributed by atoms with Crippen LogP contribution >= 0.6 is 0 Å². The molecule has 0 saturated heterocycles.